The van der Waals surface area contributed by atoms with Gasteiger partial charge in [0.2, 0.25) is 0 Å². The summed E-state index contributed by atoms with van der Waals surface area (Å²) in [5, 5.41) is 0. The van der Waals surface area contributed by atoms with Gasteiger partial charge in [-0.2, -0.15) is 0 Å². The van der Waals surface area contributed by atoms with Crippen LogP contribution >= 0.6 is 0 Å². The van der Waals surface area contributed by atoms with Crippen molar-refractivity contribution in [1.29, 1.82) is 0 Å². The first-order valence-corrected chi connectivity index (χ1v) is 4.45. The number of nitrogens with zero attached hydrogens (tertiary/aromatic N) is 1. The van der Waals surface area contributed by atoms with Crippen molar-refractivity contribution in [2.45, 2.75) is 19.4 Å². The van der Waals surface area contributed by atoms with Crippen LogP contribution in [0.25, 0.3) is 0 Å². The third-order valence-corrected chi connectivity index (χ3v) is 2.36. The van der Waals surface area contributed by atoms with E-state index in [1.807, 2.05) is 25.1 Å². The summed E-state index contributed by atoms with van der Waals surface area (Å²) in [6.45, 7) is 4.65. The Morgan fingerprint density at radius 2 is 2.00 bits per heavy atom. The van der Waals surface area contributed by atoms with Crippen molar-refractivity contribution in [3.63, 3.8) is 0 Å². The second kappa shape index (κ2) is 2.87. The largest absolute Gasteiger partial charge is 0.478 e. The van der Waals surface area contributed by atoms with Gasteiger partial charge in [0.15, 0.2) is 5.90 Å². The maximum Gasteiger partial charge on any atom is 0.181 e. The molecule has 0 saturated carbocycles. The molecule has 1 unspecified atom stereocenters. The molecule has 1 heterocycles. The van der Waals surface area contributed by atoms with Gasteiger partial charge < -0.3 is 4.74 Å². The Morgan fingerprint density at radius 3 is 2.54 bits per heavy atom. The molecule has 0 aliphatic carbocycles. The summed E-state index contributed by atoms with van der Waals surface area (Å²) in [5.74, 6) is 0.784. The summed E-state index contributed by atoms with van der Waals surface area (Å²) in [6.07, 6.45) is 0. The third-order valence-electron chi connectivity index (χ3n) is 2.36. The van der Waals surface area contributed by atoms with E-state index in [1.54, 1.807) is 0 Å². The predicted octanol–water partition coefficient (Wildman–Crippen LogP) is 2.35. The number of benzene rings is 1. The first-order valence-electron chi connectivity index (χ1n) is 4.45. The Hall–Kier alpha value is -1.31. The number of ether oxygens (including phenoxy) is 1. The highest BCUT2D eigenvalue weighted by Gasteiger charge is 2.31. The van der Waals surface area contributed by atoms with Crippen molar-refractivity contribution >= 4 is 5.90 Å². The first kappa shape index (κ1) is 8.30. The Labute approximate surface area is 78.3 Å². The van der Waals surface area contributed by atoms with Gasteiger partial charge in [0.25, 0.3) is 0 Å². The molecule has 1 aromatic carbocycles. The second-order valence-corrected chi connectivity index (χ2v) is 3.56. The van der Waals surface area contributed by atoms with E-state index in [2.05, 4.69) is 24.0 Å². The van der Waals surface area contributed by atoms with Crippen LogP contribution in [0, 0.1) is 0 Å². The van der Waals surface area contributed by atoms with Crippen LogP contribution in [0.3, 0.4) is 0 Å². The van der Waals surface area contributed by atoms with Gasteiger partial charge in [-0.05, 0) is 12.5 Å². The molecule has 0 radical (unpaired) electrons. The summed E-state index contributed by atoms with van der Waals surface area (Å²) in [4.78, 5) is 4.49. The molecule has 0 fully saturated rings. The van der Waals surface area contributed by atoms with Crippen molar-refractivity contribution < 1.29 is 4.74 Å². The van der Waals surface area contributed by atoms with Crippen LogP contribution in [0.5, 0.6) is 0 Å². The normalized spacial score (nSPS) is 26.8. The zero-order chi connectivity index (χ0) is 9.31. The molecule has 0 N–H and O–H groups in total. The van der Waals surface area contributed by atoms with Crippen LogP contribution < -0.4 is 0 Å². The SMILES string of the molecule is CC1=NC(C)(c2ccccc2)CO1. The van der Waals surface area contributed by atoms with Gasteiger partial charge in [-0.3, -0.25) is 0 Å². The summed E-state index contributed by atoms with van der Waals surface area (Å²) in [6, 6.07) is 10.3. The molecule has 1 aliphatic heterocycles. The predicted molar refractivity (Wildman–Crippen MR) is 52.9 cm³/mol. The van der Waals surface area contributed by atoms with Crippen LogP contribution in [-0.2, 0) is 10.3 Å². The molecule has 0 spiro atoms. The van der Waals surface area contributed by atoms with E-state index in [0.717, 1.165) is 5.90 Å². The Balaban J connectivity index is 2.37. The molecule has 0 saturated heterocycles. The Morgan fingerprint density at radius 1 is 1.31 bits per heavy atom. The van der Waals surface area contributed by atoms with E-state index >= 15 is 0 Å². The molecule has 1 atom stereocenters. The van der Waals surface area contributed by atoms with Crippen molar-refractivity contribution in [2.75, 3.05) is 6.61 Å². The van der Waals surface area contributed by atoms with E-state index in [0.29, 0.717) is 6.61 Å². The summed E-state index contributed by atoms with van der Waals surface area (Å²) in [7, 11) is 0. The number of hydrogen-bond acceptors (Lipinski definition) is 2. The summed E-state index contributed by atoms with van der Waals surface area (Å²) < 4.78 is 5.37. The maximum atomic E-state index is 5.37. The highest BCUT2D eigenvalue weighted by atomic mass is 16.5. The van der Waals surface area contributed by atoms with E-state index < -0.39 is 0 Å². The minimum absolute atomic E-state index is 0.175. The topological polar surface area (TPSA) is 21.6 Å². The third kappa shape index (κ3) is 1.44. The van der Waals surface area contributed by atoms with Crippen molar-refractivity contribution in [3.8, 4) is 0 Å². The molecular weight excluding hydrogens is 162 g/mol. The Kier molecular flexibility index (Phi) is 1.83. The lowest BCUT2D eigenvalue weighted by molar-refractivity contribution is 0.268. The molecule has 1 aromatic rings. The number of aliphatic imine (C=N–C) groups is 1. The molecule has 1 aliphatic rings. The fraction of sp³-hybridized carbons (Fsp3) is 0.364. The van der Waals surface area contributed by atoms with Gasteiger partial charge in [-0.1, -0.05) is 30.3 Å². The summed E-state index contributed by atoms with van der Waals surface area (Å²) >= 11 is 0. The second-order valence-electron chi connectivity index (χ2n) is 3.56. The zero-order valence-electron chi connectivity index (χ0n) is 7.95. The molecule has 2 nitrogen and oxygen atoms in total. The highest BCUT2D eigenvalue weighted by molar-refractivity contribution is 5.75. The van der Waals surface area contributed by atoms with Gasteiger partial charge in [-0.25, -0.2) is 4.99 Å². The average Bonchev–Trinajstić information content (AvgIpc) is 2.49. The molecule has 0 bridgehead atoms. The lowest BCUT2D eigenvalue weighted by Crippen LogP contribution is -2.20. The smallest absolute Gasteiger partial charge is 0.181 e. The fourth-order valence-electron chi connectivity index (χ4n) is 1.60. The van der Waals surface area contributed by atoms with Gasteiger partial charge in [0, 0.05) is 6.92 Å². The molecule has 0 aromatic heterocycles. The molecule has 68 valence electrons. The molecule has 2 heteroatoms. The molecule has 2 rings (SSSR count). The van der Waals surface area contributed by atoms with Crippen LogP contribution in [0.15, 0.2) is 35.3 Å². The van der Waals surface area contributed by atoms with Gasteiger partial charge >= 0.3 is 0 Å². The van der Waals surface area contributed by atoms with Crippen LogP contribution in [0.1, 0.15) is 19.4 Å². The van der Waals surface area contributed by atoms with Crippen molar-refractivity contribution in [3.05, 3.63) is 35.9 Å². The lowest BCUT2D eigenvalue weighted by atomic mass is 9.94. The van der Waals surface area contributed by atoms with E-state index in [1.165, 1.54) is 5.56 Å². The van der Waals surface area contributed by atoms with Crippen LogP contribution in [-0.4, -0.2) is 12.5 Å². The Bertz CT molecular complexity index is 331. The zero-order valence-corrected chi connectivity index (χ0v) is 7.95. The highest BCUT2D eigenvalue weighted by Crippen LogP contribution is 2.29. The molecule has 13 heavy (non-hydrogen) atoms. The molecule has 0 amide bonds. The molecular formula is C11H13NO. The van der Waals surface area contributed by atoms with E-state index in [4.69, 9.17) is 4.74 Å². The standard InChI is InChI=1S/C11H13NO/c1-9-12-11(2,8-13-9)10-6-4-3-5-7-10/h3-7H,8H2,1-2H3. The number of hydrogen-bond donors (Lipinski definition) is 0. The van der Waals surface area contributed by atoms with Crippen LogP contribution in [0.4, 0.5) is 0 Å². The minimum Gasteiger partial charge on any atom is -0.478 e. The number of rotatable bonds is 1. The fourth-order valence-corrected chi connectivity index (χ4v) is 1.60. The van der Waals surface area contributed by atoms with Crippen molar-refractivity contribution in [1.82, 2.24) is 0 Å². The van der Waals surface area contributed by atoms with Gasteiger partial charge in [0.1, 0.15) is 12.1 Å². The van der Waals surface area contributed by atoms with E-state index in [-0.39, 0.29) is 5.54 Å². The average molecular weight is 175 g/mol. The minimum atomic E-state index is -0.175. The van der Waals surface area contributed by atoms with Crippen LogP contribution in [0.2, 0.25) is 0 Å². The van der Waals surface area contributed by atoms with Crippen molar-refractivity contribution in [2.24, 2.45) is 4.99 Å². The lowest BCUT2D eigenvalue weighted by Gasteiger charge is -2.18. The van der Waals surface area contributed by atoms with Gasteiger partial charge in [0.05, 0.1) is 0 Å². The first-order chi connectivity index (χ1) is 6.21. The van der Waals surface area contributed by atoms with Gasteiger partial charge in [-0.15, -0.1) is 0 Å². The summed E-state index contributed by atoms with van der Waals surface area (Å²) in [5.41, 5.74) is 1.04. The maximum absolute atomic E-state index is 5.37. The monoisotopic (exact) mass is 175 g/mol. The quantitative estimate of drug-likeness (QED) is 0.642. The van der Waals surface area contributed by atoms with E-state index in [9.17, 15) is 0 Å².